The van der Waals surface area contributed by atoms with Crippen molar-refractivity contribution in [3.8, 4) is 5.75 Å². The summed E-state index contributed by atoms with van der Waals surface area (Å²) in [6.45, 7) is 8.54. The van der Waals surface area contributed by atoms with Crippen LogP contribution in [-0.2, 0) is 11.3 Å². The molecule has 1 N–H and O–H groups in total. The Hall–Kier alpha value is -3.98. The number of fused-ring (bicyclic) bond motifs is 6. The molecule has 4 aromatic rings. The minimum atomic E-state index is -1.18. The summed E-state index contributed by atoms with van der Waals surface area (Å²) >= 11 is 1.31. The molecule has 6 rings (SSSR count). The molecule has 2 bridgehead atoms. The number of nitrogens with one attached hydrogen (secondary N) is 1. The molecule has 2 aliphatic heterocycles. The number of anilines is 1. The summed E-state index contributed by atoms with van der Waals surface area (Å²) in [5.41, 5.74) is 3.00. The van der Waals surface area contributed by atoms with Crippen LogP contribution in [0.2, 0.25) is 0 Å². The van der Waals surface area contributed by atoms with Crippen LogP contribution in [-0.4, -0.2) is 26.0 Å². The van der Waals surface area contributed by atoms with Crippen LogP contribution < -0.4 is 24.9 Å². The lowest BCUT2D eigenvalue weighted by Crippen LogP contribution is -2.59. The molecular formula is C28H27N5O3S. The minimum Gasteiger partial charge on any atom is -0.465 e. The summed E-state index contributed by atoms with van der Waals surface area (Å²) < 4.78 is 10.5. The number of amides is 1. The molecule has 2 aromatic carbocycles. The first-order chi connectivity index (χ1) is 17.8. The summed E-state index contributed by atoms with van der Waals surface area (Å²) in [6, 6.07) is 14.6. The quantitative estimate of drug-likeness (QED) is 0.454. The highest BCUT2D eigenvalue weighted by molar-refractivity contribution is 7.07. The lowest BCUT2D eigenvalue weighted by molar-refractivity contribution is -0.131. The van der Waals surface area contributed by atoms with Gasteiger partial charge < -0.3 is 10.1 Å². The Morgan fingerprint density at radius 3 is 2.70 bits per heavy atom. The Morgan fingerprint density at radius 1 is 1.19 bits per heavy atom. The van der Waals surface area contributed by atoms with E-state index >= 15 is 0 Å². The van der Waals surface area contributed by atoms with E-state index in [1.54, 1.807) is 10.8 Å². The number of nitrogens with zero attached hydrogens (tertiary/aromatic N) is 4. The first-order valence-corrected chi connectivity index (χ1v) is 13.1. The van der Waals surface area contributed by atoms with E-state index in [4.69, 9.17) is 9.73 Å². The van der Waals surface area contributed by atoms with Gasteiger partial charge in [0.1, 0.15) is 11.7 Å². The topological polar surface area (TPSA) is 90.5 Å². The number of aryl methyl sites for hydroxylation is 2. The molecule has 1 amide bonds. The number of ether oxygens (including phenoxy) is 1. The van der Waals surface area contributed by atoms with Crippen LogP contribution in [0.4, 0.5) is 5.69 Å². The van der Waals surface area contributed by atoms with Crippen molar-refractivity contribution in [2.24, 2.45) is 10.9 Å². The summed E-state index contributed by atoms with van der Waals surface area (Å²) in [7, 11) is 0. The largest absolute Gasteiger partial charge is 0.465 e. The molecule has 0 unspecified atom stereocenters. The molecule has 188 valence electrons. The normalized spacial score (nSPS) is 22.0. The lowest BCUT2D eigenvalue weighted by atomic mass is 9.80. The zero-order valence-electron chi connectivity index (χ0n) is 21.1. The van der Waals surface area contributed by atoms with E-state index in [1.807, 2.05) is 87.0 Å². The zero-order chi connectivity index (χ0) is 25.9. The number of hydrogen-bond acceptors (Lipinski definition) is 6. The molecule has 0 saturated carbocycles. The minimum absolute atomic E-state index is 0.176. The Balaban J connectivity index is 1.54. The molecule has 0 aliphatic carbocycles. The number of aromatic nitrogens is 3. The highest BCUT2D eigenvalue weighted by atomic mass is 32.1. The van der Waals surface area contributed by atoms with Gasteiger partial charge in [0.2, 0.25) is 11.6 Å². The van der Waals surface area contributed by atoms with E-state index in [-0.39, 0.29) is 11.5 Å². The van der Waals surface area contributed by atoms with Crippen LogP contribution in [0.25, 0.3) is 6.08 Å². The molecule has 4 heterocycles. The van der Waals surface area contributed by atoms with E-state index in [0.29, 0.717) is 15.1 Å². The van der Waals surface area contributed by atoms with E-state index in [0.717, 1.165) is 34.6 Å². The molecule has 0 fully saturated rings. The maximum atomic E-state index is 13.9. The summed E-state index contributed by atoms with van der Waals surface area (Å²) in [4.78, 5) is 33.2. The Kier molecular flexibility index (Phi) is 5.41. The third-order valence-corrected chi connectivity index (χ3v) is 8.28. The fourth-order valence-corrected chi connectivity index (χ4v) is 6.42. The number of carbonyl (C=O) groups excluding carboxylic acids is 1. The Morgan fingerprint density at radius 2 is 1.95 bits per heavy atom. The van der Waals surface area contributed by atoms with Crippen molar-refractivity contribution in [2.45, 2.75) is 46.0 Å². The van der Waals surface area contributed by atoms with Gasteiger partial charge in [-0.3, -0.25) is 18.8 Å². The van der Waals surface area contributed by atoms with E-state index in [2.05, 4.69) is 10.4 Å². The van der Waals surface area contributed by atoms with Crippen LogP contribution in [0.3, 0.4) is 0 Å². The van der Waals surface area contributed by atoms with Gasteiger partial charge in [-0.1, -0.05) is 47.7 Å². The van der Waals surface area contributed by atoms with Gasteiger partial charge in [-0.15, -0.1) is 0 Å². The van der Waals surface area contributed by atoms with E-state index < -0.39 is 17.7 Å². The number of carbonyl (C=O) groups is 1. The number of benzene rings is 2. The van der Waals surface area contributed by atoms with Crippen molar-refractivity contribution >= 4 is 29.0 Å². The fraction of sp³-hybridized carbons (Fsp3) is 0.286. The van der Waals surface area contributed by atoms with Crippen molar-refractivity contribution in [1.82, 2.24) is 14.3 Å². The summed E-state index contributed by atoms with van der Waals surface area (Å²) in [5.74, 6) is -0.360. The molecule has 8 nitrogen and oxygen atoms in total. The molecule has 3 atom stereocenters. The lowest BCUT2D eigenvalue weighted by Gasteiger charge is -2.45. The van der Waals surface area contributed by atoms with E-state index in [1.165, 1.54) is 11.3 Å². The maximum absolute atomic E-state index is 13.9. The van der Waals surface area contributed by atoms with Crippen LogP contribution >= 0.6 is 11.3 Å². The number of thiazole rings is 1. The van der Waals surface area contributed by atoms with Crippen LogP contribution in [0.15, 0.2) is 64.5 Å². The average Bonchev–Trinajstić information content (AvgIpc) is 3.37. The van der Waals surface area contributed by atoms with Crippen molar-refractivity contribution in [2.75, 3.05) is 5.32 Å². The fourth-order valence-electron chi connectivity index (χ4n) is 5.33. The third kappa shape index (κ3) is 3.64. The first-order valence-electron chi connectivity index (χ1n) is 12.3. The molecule has 0 spiro atoms. The molecular weight excluding hydrogens is 486 g/mol. The molecule has 2 aliphatic rings. The second-order valence-corrected chi connectivity index (χ2v) is 10.6. The van der Waals surface area contributed by atoms with Gasteiger partial charge >= 0.3 is 0 Å². The van der Waals surface area contributed by atoms with E-state index in [9.17, 15) is 9.59 Å². The average molecular weight is 514 g/mol. The Bertz CT molecular complexity index is 1730. The van der Waals surface area contributed by atoms with Gasteiger partial charge in [0.15, 0.2) is 4.80 Å². The van der Waals surface area contributed by atoms with Crippen molar-refractivity contribution in [3.05, 3.63) is 96.8 Å². The smallest absolute Gasteiger partial charge is 0.270 e. The zero-order valence-corrected chi connectivity index (χ0v) is 21.9. The molecule has 37 heavy (non-hydrogen) atoms. The third-order valence-electron chi connectivity index (χ3n) is 7.29. The molecule has 0 radical (unpaired) electrons. The summed E-state index contributed by atoms with van der Waals surface area (Å²) in [5, 5.41) is 7.47. The van der Waals surface area contributed by atoms with Crippen LogP contribution in [0.5, 0.6) is 5.75 Å². The predicted molar refractivity (Wildman–Crippen MR) is 142 cm³/mol. The second-order valence-electron chi connectivity index (χ2n) is 9.60. The maximum Gasteiger partial charge on any atom is 0.270 e. The number of hydrogen-bond donors (Lipinski definition) is 1. The molecule has 0 saturated heterocycles. The predicted octanol–water partition coefficient (Wildman–Crippen LogP) is 3.16. The van der Waals surface area contributed by atoms with Crippen LogP contribution in [0, 0.1) is 19.8 Å². The number of para-hydroxylation sites is 2. The van der Waals surface area contributed by atoms with Gasteiger partial charge in [0, 0.05) is 29.1 Å². The van der Waals surface area contributed by atoms with Gasteiger partial charge in [-0.2, -0.15) is 5.10 Å². The van der Waals surface area contributed by atoms with Gasteiger partial charge in [0.05, 0.1) is 16.8 Å². The molecule has 2 aromatic heterocycles. The van der Waals surface area contributed by atoms with Crippen molar-refractivity contribution in [3.63, 3.8) is 0 Å². The monoisotopic (exact) mass is 513 g/mol. The standard InChI is InChI=1S/C28H27N5O3S/c1-5-32-17(3)18(15-29-32)14-22-26(35)33-24-19-11-7-9-13-21(19)36-28(4,31-27(33)37-22)23(24)25(34)30-20-12-8-6-10-16(20)2/h6-15,23-24H,5H2,1-4H3,(H,30,34)/b22-14+/t23-,24-,28+/m0/s1. The highest BCUT2D eigenvalue weighted by Gasteiger charge is 2.55. The van der Waals surface area contributed by atoms with Gasteiger partial charge in [0.25, 0.3) is 5.56 Å². The molecule has 9 heteroatoms. The summed E-state index contributed by atoms with van der Waals surface area (Å²) in [6.07, 6.45) is 3.64. The first kappa shape index (κ1) is 23.4. The Labute approximate surface area is 217 Å². The van der Waals surface area contributed by atoms with Crippen LogP contribution in [0.1, 0.15) is 42.3 Å². The van der Waals surface area contributed by atoms with Gasteiger partial charge in [-0.25, -0.2) is 4.99 Å². The second kappa shape index (κ2) is 8.55. The number of rotatable bonds is 4. The highest BCUT2D eigenvalue weighted by Crippen LogP contribution is 2.47. The van der Waals surface area contributed by atoms with Crippen molar-refractivity contribution < 1.29 is 9.53 Å². The SMILES string of the molecule is CCn1ncc(/C=c2/sc3n(c2=O)[C@H]2c4ccccc4O[C@@](C)(N=3)[C@@H]2C(=O)Nc2ccccc2C)c1C. The van der Waals surface area contributed by atoms with Crippen molar-refractivity contribution in [1.29, 1.82) is 0 Å². The van der Waals surface area contributed by atoms with Gasteiger partial charge in [-0.05, 0) is 51.5 Å².